The molecule has 1 saturated heterocycles. The van der Waals surface area contributed by atoms with Gasteiger partial charge in [-0.2, -0.15) is 0 Å². The first-order valence-electron chi connectivity index (χ1n) is 10.1. The van der Waals surface area contributed by atoms with E-state index >= 15 is 0 Å². The third kappa shape index (κ3) is 1.73. The van der Waals surface area contributed by atoms with Gasteiger partial charge in [0.05, 0.1) is 6.10 Å². The lowest BCUT2D eigenvalue weighted by Crippen LogP contribution is -2.62. The van der Waals surface area contributed by atoms with Crippen LogP contribution < -0.4 is 0 Å². The van der Waals surface area contributed by atoms with Crippen molar-refractivity contribution < 1.29 is 24.5 Å². The first-order chi connectivity index (χ1) is 12.6. The fourth-order valence-electron chi connectivity index (χ4n) is 7.51. The Morgan fingerprint density at radius 3 is 2.81 bits per heavy atom. The van der Waals surface area contributed by atoms with E-state index < -0.39 is 23.4 Å². The number of ether oxygens (including phenoxy) is 1. The van der Waals surface area contributed by atoms with Crippen molar-refractivity contribution in [3.8, 4) is 0 Å². The maximum absolute atomic E-state index is 12.6. The third-order valence-electron chi connectivity index (χ3n) is 9.05. The highest BCUT2D eigenvalue weighted by molar-refractivity contribution is 5.92. The molecule has 0 aromatic heterocycles. The molecule has 4 aliphatic carbocycles. The van der Waals surface area contributed by atoms with Gasteiger partial charge in [-0.15, -0.1) is 0 Å². The van der Waals surface area contributed by atoms with Crippen LogP contribution in [0.2, 0.25) is 0 Å². The number of carbonyl (C=O) groups excluding carboxylic acids is 2. The van der Waals surface area contributed by atoms with Gasteiger partial charge in [0, 0.05) is 23.2 Å². The predicted molar refractivity (Wildman–Crippen MR) is 97.7 cm³/mol. The first-order valence-corrected chi connectivity index (χ1v) is 10.1. The van der Waals surface area contributed by atoms with E-state index in [1.54, 1.807) is 6.08 Å². The second-order valence-corrected chi connectivity index (χ2v) is 9.90. The molecule has 2 N–H and O–H groups in total. The standard InChI is InChI=1S/C22H28O5/c1-12-8-16-15-5-4-13-9-14(24)6-7-19(13,2)22(15)18(27-22)10-20(16,3)21(12,26)17(25)11-23/h4-5,9,12,15-16,18,23,26H,6-8,10-11H2,1-3H3/t12-,15+,16+,18-,19+,20+,21+,22-/m1/s1. The minimum absolute atomic E-state index is 0.0291. The number of hydrogen-bond acceptors (Lipinski definition) is 5. The molecule has 0 bridgehead atoms. The van der Waals surface area contributed by atoms with Crippen LogP contribution in [0, 0.1) is 28.6 Å². The molecule has 0 amide bonds. The Kier molecular flexibility index (Phi) is 3.29. The zero-order chi connectivity index (χ0) is 19.4. The second-order valence-electron chi connectivity index (χ2n) is 9.90. The summed E-state index contributed by atoms with van der Waals surface area (Å²) >= 11 is 0. The van der Waals surface area contributed by atoms with Crippen LogP contribution in [0.1, 0.15) is 46.5 Å². The SMILES string of the molecule is C[C@@H]1C[C@H]2[C@@H]3C=CC4=CC(=O)CC[C@]4(C)[C@@]34O[C@@H]4C[C@]2(C)[C@@]1(O)C(=O)CO. The molecular weight excluding hydrogens is 344 g/mol. The highest BCUT2D eigenvalue weighted by Crippen LogP contribution is 2.75. The van der Waals surface area contributed by atoms with Crippen LogP contribution in [0.5, 0.6) is 0 Å². The van der Waals surface area contributed by atoms with Gasteiger partial charge in [-0.25, -0.2) is 0 Å². The molecule has 5 nitrogen and oxygen atoms in total. The number of fused-ring (bicyclic) bond motifs is 3. The minimum Gasteiger partial charge on any atom is -0.388 e. The third-order valence-corrected chi connectivity index (χ3v) is 9.05. The molecule has 0 aromatic rings. The summed E-state index contributed by atoms with van der Waals surface area (Å²) in [6, 6.07) is 0. The maximum atomic E-state index is 12.6. The largest absolute Gasteiger partial charge is 0.388 e. The van der Waals surface area contributed by atoms with Crippen LogP contribution in [-0.2, 0) is 14.3 Å². The number of ketones is 2. The molecule has 0 aromatic carbocycles. The summed E-state index contributed by atoms with van der Waals surface area (Å²) in [5.74, 6) is -0.272. The smallest absolute Gasteiger partial charge is 0.190 e. The van der Waals surface area contributed by atoms with Gasteiger partial charge in [0.1, 0.15) is 17.8 Å². The number of aliphatic hydroxyl groups excluding tert-OH is 1. The lowest BCUT2D eigenvalue weighted by Gasteiger charge is -2.54. The summed E-state index contributed by atoms with van der Waals surface area (Å²) in [5, 5.41) is 21.0. The van der Waals surface area contributed by atoms with E-state index in [0.29, 0.717) is 12.8 Å². The molecule has 146 valence electrons. The van der Waals surface area contributed by atoms with Gasteiger partial charge < -0.3 is 14.9 Å². The van der Waals surface area contributed by atoms with E-state index in [1.807, 2.05) is 13.8 Å². The lowest BCUT2D eigenvalue weighted by molar-refractivity contribution is -0.164. The molecular formula is C22H28O5. The average Bonchev–Trinajstić information content (AvgIpc) is 3.31. The number of epoxide rings is 1. The average molecular weight is 372 g/mol. The molecule has 27 heavy (non-hydrogen) atoms. The van der Waals surface area contributed by atoms with Crippen molar-refractivity contribution in [1.29, 1.82) is 0 Å². The predicted octanol–water partition coefficient (Wildman–Crippen LogP) is 1.96. The Labute approximate surface area is 159 Å². The number of rotatable bonds is 2. The number of allylic oxidation sites excluding steroid dienone is 2. The topological polar surface area (TPSA) is 87.1 Å². The van der Waals surface area contributed by atoms with Crippen LogP contribution in [0.15, 0.2) is 23.8 Å². The van der Waals surface area contributed by atoms with Crippen molar-refractivity contribution in [1.82, 2.24) is 0 Å². The maximum Gasteiger partial charge on any atom is 0.190 e. The Morgan fingerprint density at radius 1 is 1.37 bits per heavy atom. The molecule has 1 spiro atoms. The van der Waals surface area contributed by atoms with Crippen LogP contribution in [-0.4, -0.2) is 45.7 Å². The van der Waals surface area contributed by atoms with Crippen molar-refractivity contribution in [2.45, 2.75) is 63.8 Å². The molecule has 1 heterocycles. The first kappa shape index (κ1) is 17.8. The molecule has 2 saturated carbocycles. The van der Waals surface area contributed by atoms with Gasteiger partial charge in [0.2, 0.25) is 0 Å². The van der Waals surface area contributed by atoms with Crippen molar-refractivity contribution in [2.24, 2.45) is 28.6 Å². The van der Waals surface area contributed by atoms with E-state index in [-0.39, 0.29) is 40.7 Å². The highest BCUT2D eigenvalue weighted by atomic mass is 16.6. The van der Waals surface area contributed by atoms with Crippen LogP contribution in [0.25, 0.3) is 0 Å². The molecule has 0 radical (unpaired) electrons. The lowest BCUT2D eigenvalue weighted by atomic mass is 9.47. The Bertz CT molecular complexity index is 814. The Morgan fingerprint density at radius 2 is 2.11 bits per heavy atom. The van der Waals surface area contributed by atoms with Crippen molar-refractivity contribution in [3.05, 3.63) is 23.8 Å². The monoisotopic (exact) mass is 372 g/mol. The van der Waals surface area contributed by atoms with Gasteiger partial charge >= 0.3 is 0 Å². The molecule has 8 atom stereocenters. The summed E-state index contributed by atoms with van der Waals surface area (Å²) in [7, 11) is 0. The van der Waals surface area contributed by atoms with Gasteiger partial charge in [0.15, 0.2) is 11.6 Å². The zero-order valence-electron chi connectivity index (χ0n) is 16.2. The van der Waals surface area contributed by atoms with Gasteiger partial charge in [0.25, 0.3) is 0 Å². The summed E-state index contributed by atoms with van der Waals surface area (Å²) in [4.78, 5) is 24.6. The minimum atomic E-state index is -1.52. The molecule has 1 aliphatic heterocycles. The van der Waals surface area contributed by atoms with E-state index in [9.17, 15) is 19.8 Å². The summed E-state index contributed by atoms with van der Waals surface area (Å²) in [6.07, 6.45) is 8.67. The van der Waals surface area contributed by atoms with Gasteiger partial charge in [-0.1, -0.05) is 32.9 Å². The Balaban J connectivity index is 1.63. The molecule has 0 unspecified atom stereocenters. The number of aliphatic hydroxyl groups is 2. The van der Waals surface area contributed by atoms with E-state index in [2.05, 4.69) is 19.1 Å². The van der Waals surface area contributed by atoms with Gasteiger partial charge in [-0.05, 0) is 42.7 Å². The van der Waals surface area contributed by atoms with Crippen LogP contribution >= 0.6 is 0 Å². The number of hydrogen-bond donors (Lipinski definition) is 2. The summed E-state index contributed by atoms with van der Waals surface area (Å²) in [6.45, 7) is 5.52. The fourth-order valence-corrected chi connectivity index (χ4v) is 7.51. The normalized spacial score (nSPS) is 55.1. The summed E-state index contributed by atoms with van der Waals surface area (Å²) < 4.78 is 6.43. The van der Waals surface area contributed by atoms with Crippen molar-refractivity contribution in [3.63, 3.8) is 0 Å². The summed E-state index contributed by atoms with van der Waals surface area (Å²) in [5.41, 5.74) is -1.59. The quantitative estimate of drug-likeness (QED) is 0.724. The second kappa shape index (κ2) is 5.00. The number of Topliss-reactive ketones (excluding diaryl/α,β-unsaturated/α-hetero) is 1. The van der Waals surface area contributed by atoms with Gasteiger partial charge in [-0.3, -0.25) is 9.59 Å². The van der Waals surface area contributed by atoms with Crippen LogP contribution in [0.3, 0.4) is 0 Å². The van der Waals surface area contributed by atoms with E-state index in [1.165, 1.54) is 0 Å². The van der Waals surface area contributed by atoms with E-state index in [0.717, 1.165) is 18.4 Å². The molecule has 5 aliphatic rings. The Hall–Kier alpha value is -1.30. The highest BCUT2D eigenvalue weighted by Gasteiger charge is 2.81. The van der Waals surface area contributed by atoms with Crippen LogP contribution in [0.4, 0.5) is 0 Å². The molecule has 5 heteroatoms. The van der Waals surface area contributed by atoms with Crippen molar-refractivity contribution in [2.75, 3.05) is 6.61 Å². The number of carbonyl (C=O) groups is 2. The fraction of sp³-hybridized carbons (Fsp3) is 0.727. The molecule has 3 fully saturated rings. The van der Waals surface area contributed by atoms with Crippen molar-refractivity contribution >= 4 is 11.6 Å². The zero-order valence-corrected chi connectivity index (χ0v) is 16.2. The van der Waals surface area contributed by atoms with E-state index in [4.69, 9.17) is 4.74 Å². The molecule has 5 rings (SSSR count).